The smallest absolute Gasteiger partial charge is 0.282 e. The fourth-order valence-corrected chi connectivity index (χ4v) is 2.45. The lowest BCUT2D eigenvalue weighted by Gasteiger charge is -2.33. The highest BCUT2D eigenvalue weighted by atomic mass is 35.5. The Morgan fingerprint density at radius 1 is 1.35 bits per heavy atom. The Morgan fingerprint density at radius 3 is 2.60 bits per heavy atom. The number of halogens is 1. The molecule has 0 spiro atoms. The molecule has 1 heterocycles. The van der Waals surface area contributed by atoms with Gasteiger partial charge in [0.15, 0.2) is 0 Å². The zero-order valence-corrected chi connectivity index (χ0v) is 11.5. The van der Waals surface area contributed by atoms with Crippen molar-refractivity contribution in [1.82, 2.24) is 0 Å². The van der Waals surface area contributed by atoms with Gasteiger partial charge >= 0.3 is 0 Å². The summed E-state index contributed by atoms with van der Waals surface area (Å²) in [6, 6.07) is 3.57. The van der Waals surface area contributed by atoms with Crippen LogP contribution in [0.4, 0.5) is 11.4 Å². The van der Waals surface area contributed by atoms with Crippen molar-refractivity contribution >= 4 is 23.0 Å². The lowest BCUT2D eigenvalue weighted by Crippen LogP contribution is -2.29. The van der Waals surface area contributed by atoms with Crippen molar-refractivity contribution in [3.8, 4) is 0 Å². The zero-order chi connectivity index (χ0) is 14.9. The molecule has 1 saturated heterocycles. The molecule has 0 aromatic heterocycles. The number of rotatable bonds is 3. The van der Waals surface area contributed by atoms with Crippen molar-refractivity contribution in [2.24, 2.45) is 0 Å². The number of hydrogen-bond donors (Lipinski definition) is 0. The number of nitrogens with zero attached hydrogens (tertiary/aromatic N) is 2. The third-order valence-electron chi connectivity index (χ3n) is 3.32. The standard InChI is InChI=1S/C12H13ClN2O5/c1-12(13)4-5-20-11(7-12)9-3-2-8(14(16)17)6-10(9)15(18)19/h2-3,6,11H,4-5,7H2,1H3. The molecule has 0 bridgehead atoms. The van der Waals surface area contributed by atoms with E-state index in [-0.39, 0.29) is 11.4 Å². The first-order valence-corrected chi connectivity index (χ1v) is 6.41. The van der Waals surface area contributed by atoms with E-state index in [0.29, 0.717) is 25.0 Å². The summed E-state index contributed by atoms with van der Waals surface area (Å²) in [4.78, 5) is 20.0. The summed E-state index contributed by atoms with van der Waals surface area (Å²) in [6.07, 6.45) is 0.562. The maximum absolute atomic E-state index is 11.1. The summed E-state index contributed by atoms with van der Waals surface area (Å²) in [6.45, 7) is 2.25. The molecular formula is C12H13ClN2O5. The minimum atomic E-state index is -0.663. The Labute approximate surface area is 119 Å². The molecule has 0 saturated carbocycles. The van der Waals surface area contributed by atoms with E-state index < -0.39 is 20.8 Å². The van der Waals surface area contributed by atoms with E-state index in [4.69, 9.17) is 16.3 Å². The van der Waals surface area contributed by atoms with Gasteiger partial charge in [-0.1, -0.05) is 0 Å². The van der Waals surface area contributed by atoms with Crippen LogP contribution in [0.3, 0.4) is 0 Å². The minimum Gasteiger partial charge on any atom is -0.373 e. The highest BCUT2D eigenvalue weighted by Crippen LogP contribution is 2.41. The molecule has 20 heavy (non-hydrogen) atoms. The maximum Gasteiger partial charge on any atom is 0.282 e. The third-order valence-corrected chi connectivity index (χ3v) is 3.67. The molecule has 1 aliphatic rings. The van der Waals surface area contributed by atoms with E-state index in [2.05, 4.69) is 0 Å². The Kier molecular flexibility index (Phi) is 3.92. The number of benzene rings is 1. The molecule has 1 aromatic carbocycles. The van der Waals surface area contributed by atoms with Crippen LogP contribution in [-0.4, -0.2) is 21.3 Å². The Hall–Kier alpha value is -1.73. The van der Waals surface area contributed by atoms with Gasteiger partial charge in [-0.2, -0.15) is 0 Å². The summed E-state index contributed by atoms with van der Waals surface area (Å²) in [5.41, 5.74) is -0.296. The van der Waals surface area contributed by atoms with Crippen molar-refractivity contribution < 1.29 is 14.6 Å². The predicted molar refractivity (Wildman–Crippen MR) is 71.9 cm³/mol. The molecule has 2 rings (SSSR count). The molecule has 0 N–H and O–H groups in total. The van der Waals surface area contributed by atoms with E-state index in [9.17, 15) is 20.2 Å². The van der Waals surface area contributed by atoms with Crippen molar-refractivity contribution in [2.75, 3.05) is 6.61 Å². The van der Waals surface area contributed by atoms with Gasteiger partial charge in [0.2, 0.25) is 0 Å². The largest absolute Gasteiger partial charge is 0.373 e. The molecule has 2 unspecified atom stereocenters. The normalized spacial score (nSPS) is 26.2. The van der Waals surface area contributed by atoms with Crippen molar-refractivity contribution in [2.45, 2.75) is 30.7 Å². The van der Waals surface area contributed by atoms with Crippen molar-refractivity contribution in [3.05, 3.63) is 44.0 Å². The van der Waals surface area contributed by atoms with Crippen LogP contribution in [0.5, 0.6) is 0 Å². The number of hydrogen-bond acceptors (Lipinski definition) is 5. The highest BCUT2D eigenvalue weighted by Gasteiger charge is 2.35. The molecule has 0 aliphatic carbocycles. The number of non-ortho nitro benzene ring substituents is 1. The van der Waals surface area contributed by atoms with Crippen LogP contribution >= 0.6 is 11.6 Å². The average molecular weight is 301 g/mol. The molecule has 1 aromatic rings. The van der Waals surface area contributed by atoms with E-state index in [0.717, 1.165) is 6.07 Å². The number of nitro groups is 2. The molecule has 7 nitrogen and oxygen atoms in total. The van der Waals surface area contributed by atoms with Crippen LogP contribution in [0, 0.1) is 20.2 Å². The maximum atomic E-state index is 11.1. The van der Waals surface area contributed by atoms with Gasteiger partial charge in [0.1, 0.15) is 0 Å². The second kappa shape index (κ2) is 5.34. The fourth-order valence-electron chi connectivity index (χ4n) is 2.24. The predicted octanol–water partition coefficient (Wildman–Crippen LogP) is 3.35. The lowest BCUT2D eigenvalue weighted by atomic mass is 9.92. The second-order valence-corrected chi connectivity index (χ2v) is 5.90. The second-order valence-electron chi connectivity index (χ2n) is 4.98. The summed E-state index contributed by atoms with van der Waals surface area (Å²) < 4.78 is 5.53. The van der Waals surface area contributed by atoms with Gasteiger partial charge in [0.25, 0.3) is 11.4 Å². The van der Waals surface area contributed by atoms with E-state index in [1.807, 2.05) is 6.92 Å². The quantitative estimate of drug-likeness (QED) is 0.484. The number of ether oxygens (including phenoxy) is 1. The SMILES string of the molecule is CC1(Cl)CCOC(c2ccc([N+](=O)[O-])cc2[N+](=O)[O-])C1. The van der Waals surface area contributed by atoms with Crippen molar-refractivity contribution in [1.29, 1.82) is 0 Å². The first-order chi connectivity index (χ1) is 9.30. The molecule has 1 fully saturated rings. The Morgan fingerprint density at radius 2 is 2.05 bits per heavy atom. The monoisotopic (exact) mass is 300 g/mol. The first-order valence-electron chi connectivity index (χ1n) is 6.03. The number of nitro benzene ring substituents is 2. The van der Waals surface area contributed by atoms with E-state index in [1.165, 1.54) is 12.1 Å². The summed E-state index contributed by atoms with van der Waals surface area (Å²) in [5.74, 6) is 0. The fraction of sp³-hybridized carbons (Fsp3) is 0.500. The summed E-state index contributed by atoms with van der Waals surface area (Å²) >= 11 is 6.27. The van der Waals surface area contributed by atoms with Gasteiger partial charge in [-0.25, -0.2) is 0 Å². The van der Waals surface area contributed by atoms with Crippen LogP contribution in [0.15, 0.2) is 18.2 Å². The summed E-state index contributed by atoms with van der Waals surface area (Å²) in [5, 5.41) is 21.8. The first kappa shape index (κ1) is 14.7. The summed E-state index contributed by atoms with van der Waals surface area (Å²) in [7, 11) is 0. The third kappa shape index (κ3) is 3.05. The molecule has 1 aliphatic heterocycles. The van der Waals surface area contributed by atoms with Gasteiger partial charge in [0, 0.05) is 17.5 Å². The molecule has 0 radical (unpaired) electrons. The van der Waals surface area contributed by atoms with E-state index in [1.54, 1.807) is 0 Å². The molecule has 8 heteroatoms. The lowest BCUT2D eigenvalue weighted by molar-refractivity contribution is -0.395. The topological polar surface area (TPSA) is 95.5 Å². The molecular weight excluding hydrogens is 288 g/mol. The Bertz CT molecular complexity index is 561. The van der Waals surface area contributed by atoms with Crippen LogP contribution in [0.1, 0.15) is 31.4 Å². The van der Waals surface area contributed by atoms with Gasteiger partial charge < -0.3 is 4.74 Å². The van der Waals surface area contributed by atoms with Gasteiger partial charge in [-0.15, -0.1) is 11.6 Å². The van der Waals surface area contributed by atoms with Crippen LogP contribution in [0.25, 0.3) is 0 Å². The molecule has 2 atom stereocenters. The Balaban J connectivity index is 2.40. The number of alkyl halides is 1. The van der Waals surface area contributed by atoms with Crippen LogP contribution in [0.2, 0.25) is 0 Å². The highest BCUT2D eigenvalue weighted by molar-refractivity contribution is 6.23. The zero-order valence-electron chi connectivity index (χ0n) is 10.7. The average Bonchev–Trinajstić information content (AvgIpc) is 2.36. The minimum absolute atomic E-state index is 0.307. The molecule has 108 valence electrons. The molecule has 0 amide bonds. The van der Waals surface area contributed by atoms with Crippen LogP contribution < -0.4 is 0 Å². The van der Waals surface area contributed by atoms with Crippen LogP contribution in [-0.2, 0) is 4.74 Å². The van der Waals surface area contributed by atoms with Gasteiger partial charge in [-0.3, -0.25) is 20.2 Å². The van der Waals surface area contributed by atoms with Crippen molar-refractivity contribution in [3.63, 3.8) is 0 Å². The van der Waals surface area contributed by atoms with Gasteiger partial charge in [-0.05, 0) is 25.8 Å². The van der Waals surface area contributed by atoms with E-state index >= 15 is 0 Å². The van der Waals surface area contributed by atoms with Gasteiger partial charge in [0.05, 0.1) is 27.6 Å².